The Labute approximate surface area is 117 Å². The summed E-state index contributed by atoms with van der Waals surface area (Å²) in [6.45, 7) is 4.55. The Bertz CT molecular complexity index is 423. The molecular formula is C17H26N2. The zero-order valence-electron chi connectivity index (χ0n) is 12.0. The van der Waals surface area contributed by atoms with Gasteiger partial charge in [-0.1, -0.05) is 38.0 Å². The Balaban J connectivity index is 1.73. The van der Waals surface area contributed by atoms with Crippen molar-refractivity contribution >= 4 is 5.69 Å². The van der Waals surface area contributed by atoms with Crippen LogP contribution in [0.1, 0.15) is 38.2 Å². The fraction of sp³-hybridized carbons (Fsp3) is 0.647. The van der Waals surface area contributed by atoms with Crippen molar-refractivity contribution in [1.82, 2.24) is 0 Å². The Morgan fingerprint density at radius 2 is 2.00 bits per heavy atom. The van der Waals surface area contributed by atoms with Crippen LogP contribution < -0.4 is 10.6 Å². The molecule has 1 aliphatic heterocycles. The van der Waals surface area contributed by atoms with E-state index in [1.54, 1.807) is 0 Å². The summed E-state index contributed by atoms with van der Waals surface area (Å²) in [5, 5.41) is 0. The van der Waals surface area contributed by atoms with Gasteiger partial charge in [-0.25, -0.2) is 0 Å². The lowest BCUT2D eigenvalue weighted by molar-refractivity contribution is 0.413. The number of benzene rings is 1. The van der Waals surface area contributed by atoms with Gasteiger partial charge in [0.15, 0.2) is 0 Å². The van der Waals surface area contributed by atoms with Gasteiger partial charge >= 0.3 is 0 Å². The SMILES string of the molecule is CC1Cc2ccccc2N(CC(N)C2CCCC2)C1. The van der Waals surface area contributed by atoms with E-state index < -0.39 is 0 Å². The van der Waals surface area contributed by atoms with E-state index in [1.165, 1.54) is 43.4 Å². The molecule has 1 saturated carbocycles. The van der Waals surface area contributed by atoms with Crippen molar-refractivity contribution in [2.75, 3.05) is 18.0 Å². The number of anilines is 1. The molecule has 0 bridgehead atoms. The average Bonchev–Trinajstić information content (AvgIpc) is 2.92. The van der Waals surface area contributed by atoms with E-state index in [9.17, 15) is 0 Å². The molecule has 0 radical (unpaired) electrons. The second-order valence-corrected chi connectivity index (χ2v) is 6.55. The summed E-state index contributed by atoms with van der Waals surface area (Å²) in [6.07, 6.45) is 6.65. The quantitative estimate of drug-likeness (QED) is 0.902. The van der Waals surface area contributed by atoms with E-state index >= 15 is 0 Å². The van der Waals surface area contributed by atoms with Gasteiger partial charge in [0.25, 0.3) is 0 Å². The van der Waals surface area contributed by atoms with Gasteiger partial charge < -0.3 is 10.6 Å². The van der Waals surface area contributed by atoms with Crippen molar-refractivity contribution in [3.05, 3.63) is 29.8 Å². The minimum atomic E-state index is 0.348. The minimum Gasteiger partial charge on any atom is -0.369 e. The molecule has 2 unspecified atom stereocenters. The smallest absolute Gasteiger partial charge is 0.0399 e. The molecule has 1 fully saturated rings. The van der Waals surface area contributed by atoms with Gasteiger partial charge in [-0.05, 0) is 42.7 Å². The number of rotatable bonds is 3. The van der Waals surface area contributed by atoms with Crippen LogP contribution in [0.4, 0.5) is 5.69 Å². The molecule has 0 amide bonds. The highest BCUT2D eigenvalue weighted by Gasteiger charge is 2.27. The number of para-hydroxylation sites is 1. The van der Waals surface area contributed by atoms with Crippen LogP contribution >= 0.6 is 0 Å². The van der Waals surface area contributed by atoms with E-state index in [0.29, 0.717) is 6.04 Å². The second kappa shape index (κ2) is 5.54. The van der Waals surface area contributed by atoms with Crippen molar-refractivity contribution in [3.8, 4) is 0 Å². The molecule has 0 spiro atoms. The largest absolute Gasteiger partial charge is 0.369 e. The minimum absolute atomic E-state index is 0.348. The van der Waals surface area contributed by atoms with Crippen LogP contribution in [0, 0.1) is 11.8 Å². The van der Waals surface area contributed by atoms with Gasteiger partial charge in [0.1, 0.15) is 0 Å². The first-order valence-corrected chi connectivity index (χ1v) is 7.82. The van der Waals surface area contributed by atoms with Gasteiger partial charge in [-0.15, -0.1) is 0 Å². The van der Waals surface area contributed by atoms with E-state index in [4.69, 9.17) is 5.73 Å². The molecule has 2 nitrogen and oxygen atoms in total. The topological polar surface area (TPSA) is 29.3 Å². The second-order valence-electron chi connectivity index (χ2n) is 6.55. The standard InChI is InChI=1S/C17H26N2/c1-13-10-15-8-4-5-9-17(15)19(11-13)12-16(18)14-6-2-3-7-14/h4-5,8-9,13-14,16H,2-3,6-7,10-12,18H2,1H3. The number of nitrogens with two attached hydrogens (primary N) is 1. The molecule has 1 aliphatic carbocycles. The zero-order valence-corrected chi connectivity index (χ0v) is 12.0. The zero-order chi connectivity index (χ0) is 13.2. The third-order valence-electron chi connectivity index (χ3n) is 4.87. The summed E-state index contributed by atoms with van der Waals surface area (Å²) in [6, 6.07) is 9.21. The third-order valence-corrected chi connectivity index (χ3v) is 4.87. The van der Waals surface area contributed by atoms with Crippen LogP contribution in [0.15, 0.2) is 24.3 Å². The van der Waals surface area contributed by atoms with Crippen LogP contribution in [0.5, 0.6) is 0 Å². The molecule has 0 saturated heterocycles. The van der Waals surface area contributed by atoms with Crippen molar-refractivity contribution in [2.45, 2.75) is 45.1 Å². The maximum absolute atomic E-state index is 6.47. The summed E-state index contributed by atoms with van der Waals surface area (Å²) < 4.78 is 0. The van der Waals surface area contributed by atoms with Crippen LogP contribution in [0.25, 0.3) is 0 Å². The number of hydrogen-bond donors (Lipinski definition) is 1. The Kier molecular flexibility index (Phi) is 3.79. The predicted molar refractivity (Wildman–Crippen MR) is 81.5 cm³/mol. The van der Waals surface area contributed by atoms with Gasteiger partial charge in [-0.3, -0.25) is 0 Å². The first-order chi connectivity index (χ1) is 9.24. The first-order valence-electron chi connectivity index (χ1n) is 7.82. The average molecular weight is 258 g/mol. The van der Waals surface area contributed by atoms with Crippen molar-refractivity contribution in [1.29, 1.82) is 0 Å². The van der Waals surface area contributed by atoms with Gasteiger partial charge in [-0.2, -0.15) is 0 Å². The molecule has 2 N–H and O–H groups in total. The lowest BCUT2D eigenvalue weighted by Crippen LogP contribution is -2.45. The number of fused-ring (bicyclic) bond motifs is 1. The van der Waals surface area contributed by atoms with Gasteiger partial charge in [0, 0.05) is 24.8 Å². The molecule has 1 aromatic carbocycles. The molecular weight excluding hydrogens is 232 g/mol. The fourth-order valence-electron chi connectivity index (χ4n) is 3.87. The van der Waals surface area contributed by atoms with Crippen molar-refractivity contribution < 1.29 is 0 Å². The molecule has 2 aliphatic rings. The Morgan fingerprint density at radius 3 is 2.79 bits per heavy atom. The van der Waals surface area contributed by atoms with Gasteiger partial charge in [0.05, 0.1) is 0 Å². The fourth-order valence-corrected chi connectivity index (χ4v) is 3.87. The monoisotopic (exact) mass is 258 g/mol. The summed E-state index contributed by atoms with van der Waals surface area (Å²) in [5.41, 5.74) is 9.40. The predicted octanol–water partition coefficient (Wildman–Crippen LogP) is 3.20. The highest BCUT2D eigenvalue weighted by molar-refractivity contribution is 5.55. The lowest BCUT2D eigenvalue weighted by Gasteiger charge is -2.37. The summed E-state index contributed by atoms with van der Waals surface area (Å²) in [4.78, 5) is 2.53. The summed E-state index contributed by atoms with van der Waals surface area (Å²) in [5.74, 6) is 1.50. The highest BCUT2D eigenvalue weighted by atomic mass is 15.2. The molecule has 2 atom stereocenters. The van der Waals surface area contributed by atoms with Crippen LogP contribution in [-0.4, -0.2) is 19.1 Å². The van der Waals surface area contributed by atoms with Gasteiger partial charge in [0.2, 0.25) is 0 Å². The number of nitrogens with zero attached hydrogens (tertiary/aromatic N) is 1. The Hall–Kier alpha value is -1.02. The van der Waals surface area contributed by atoms with Crippen LogP contribution in [-0.2, 0) is 6.42 Å². The Morgan fingerprint density at radius 1 is 1.26 bits per heavy atom. The summed E-state index contributed by atoms with van der Waals surface area (Å²) in [7, 11) is 0. The molecule has 1 aromatic rings. The normalized spacial score (nSPS) is 25.4. The van der Waals surface area contributed by atoms with Crippen molar-refractivity contribution in [3.63, 3.8) is 0 Å². The van der Waals surface area contributed by atoms with Crippen LogP contribution in [0.2, 0.25) is 0 Å². The summed E-state index contributed by atoms with van der Waals surface area (Å²) >= 11 is 0. The van der Waals surface area contributed by atoms with E-state index in [0.717, 1.165) is 24.9 Å². The molecule has 3 rings (SSSR count). The molecule has 1 heterocycles. The maximum atomic E-state index is 6.47. The lowest BCUT2D eigenvalue weighted by atomic mass is 9.92. The molecule has 104 valence electrons. The van der Waals surface area contributed by atoms with E-state index in [-0.39, 0.29) is 0 Å². The van der Waals surface area contributed by atoms with Crippen LogP contribution in [0.3, 0.4) is 0 Å². The van der Waals surface area contributed by atoms with E-state index in [1.807, 2.05) is 0 Å². The third kappa shape index (κ3) is 2.79. The van der Waals surface area contributed by atoms with E-state index in [2.05, 4.69) is 36.1 Å². The van der Waals surface area contributed by atoms with Crippen molar-refractivity contribution in [2.24, 2.45) is 17.6 Å². The molecule has 19 heavy (non-hydrogen) atoms. The highest BCUT2D eigenvalue weighted by Crippen LogP contribution is 2.32. The molecule has 2 heteroatoms. The maximum Gasteiger partial charge on any atom is 0.0399 e. The molecule has 0 aromatic heterocycles. The first kappa shape index (κ1) is 13.0. The number of hydrogen-bond acceptors (Lipinski definition) is 2.